The topological polar surface area (TPSA) is 94.3 Å². The van der Waals surface area contributed by atoms with Gasteiger partial charge in [-0.25, -0.2) is 4.99 Å². The molecule has 2 N–H and O–H groups in total. The molecule has 0 aliphatic carbocycles. The molecule has 0 fully saturated rings. The van der Waals surface area contributed by atoms with Crippen LogP contribution in [0.15, 0.2) is 65.9 Å². The molecule has 0 atom stereocenters. The first-order chi connectivity index (χ1) is 12.7. The van der Waals surface area contributed by atoms with Gasteiger partial charge in [0.1, 0.15) is 5.84 Å². The van der Waals surface area contributed by atoms with Gasteiger partial charge in [0.05, 0.1) is 17.3 Å². The molecule has 3 heterocycles. The van der Waals surface area contributed by atoms with Crippen molar-refractivity contribution in [1.82, 2.24) is 24.8 Å². The number of nitrogens with zero attached hydrogens (tertiary/aromatic N) is 6. The smallest absolute Gasteiger partial charge is 0.185 e. The van der Waals surface area contributed by atoms with Crippen molar-refractivity contribution in [1.29, 1.82) is 0 Å². The summed E-state index contributed by atoms with van der Waals surface area (Å²) >= 11 is 5.70. The van der Waals surface area contributed by atoms with Crippen LogP contribution in [-0.4, -0.2) is 36.5 Å². The van der Waals surface area contributed by atoms with Crippen LogP contribution in [0.1, 0.15) is 0 Å². The van der Waals surface area contributed by atoms with Crippen LogP contribution in [0.5, 0.6) is 0 Å². The van der Waals surface area contributed by atoms with Crippen LogP contribution in [0.3, 0.4) is 0 Å². The van der Waals surface area contributed by atoms with E-state index in [2.05, 4.69) is 25.3 Å². The summed E-state index contributed by atoms with van der Waals surface area (Å²) in [5.41, 5.74) is 9.68. The normalized spacial score (nSPS) is 11.8. The summed E-state index contributed by atoms with van der Waals surface area (Å²) in [6, 6.07) is 15.1. The first-order valence-corrected chi connectivity index (χ1v) is 8.40. The van der Waals surface area contributed by atoms with E-state index < -0.39 is 0 Å². The number of aromatic nitrogens is 5. The van der Waals surface area contributed by atoms with Gasteiger partial charge >= 0.3 is 0 Å². The highest BCUT2D eigenvalue weighted by Gasteiger charge is 2.11. The van der Waals surface area contributed by atoms with E-state index in [4.69, 9.17) is 17.3 Å². The molecule has 0 saturated heterocycles. The molecule has 0 aliphatic rings. The molecule has 128 valence electrons. The quantitative estimate of drug-likeness (QED) is 0.341. The lowest BCUT2D eigenvalue weighted by Gasteiger charge is -2.05. The summed E-state index contributed by atoms with van der Waals surface area (Å²) in [5, 5.41) is 13.1. The third-order valence-electron chi connectivity index (χ3n) is 3.75. The van der Waals surface area contributed by atoms with Crippen molar-refractivity contribution in [2.45, 2.75) is 0 Å². The number of pyridine rings is 1. The number of rotatable bonds is 4. The van der Waals surface area contributed by atoms with E-state index in [0.717, 1.165) is 22.5 Å². The molecule has 0 saturated carbocycles. The van der Waals surface area contributed by atoms with E-state index in [-0.39, 0.29) is 5.88 Å². The lowest BCUT2D eigenvalue weighted by atomic mass is 10.1. The molecule has 1 aromatic carbocycles. The molecule has 4 aromatic rings. The maximum atomic E-state index is 5.72. The summed E-state index contributed by atoms with van der Waals surface area (Å²) in [6.45, 7) is 0. The van der Waals surface area contributed by atoms with Crippen molar-refractivity contribution in [3.8, 4) is 22.6 Å². The number of nitrogens with two attached hydrogens (primary N) is 1. The fourth-order valence-electron chi connectivity index (χ4n) is 2.55. The van der Waals surface area contributed by atoms with E-state index in [9.17, 15) is 0 Å². The summed E-state index contributed by atoms with van der Waals surface area (Å²) < 4.78 is 1.72. The Kier molecular flexibility index (Phi) is 4.28. The van der Waals surface area contributed by atoms with Gasteiger partial charge in [-0.15, -0.1) is 21.8 Å². The van der Waals surface area contributed by atoms with Crippen molar-refractivity contribution in [3.63, 3.8) is 0 Å². The molecule has 3 aromatic heterocycles. The maximum absolute atomic E-state index is 5.72. The summed E-state index contributed by atoms with van der Waals surface area (Å²) in [5.74, 6) is 1.21. The van der Waals surface area contributed by atoms with Crippen molar-refractivity contribution < 1.29 is 0 Å². The van der Waals surface area contributed by atoms with Crippen LogP contribution < -0.4 is 5.73 Å². The van der Waals surface area contributed by atoms with Gasteiger partial charge in [0.15, 0.2) is 11.5 Å². The van der Waals surface area contributed by atoms with E-state index >= 15 is 0 Å². The minimum Gasteiger partial charge on any atom is -0.386 e. The van der Waals surface area contributed by atoms with Gasteiger partial charge in [0, 0.05) is 23.5 Å². The Bertz CT molecular complexity index is 1090. The van der Waals surface area contributed by atoms with Crippen LogP contribution in [-0.2, 0) is 0 Å². The molecule has 0 radical (unpaired) electrons. The Balaban J connectivity index is 1.80. The molecule has 0 amide bonds. The van der Waals surface area contributed by atoms with E-state index in [1.165, 1.54) is 0 Å². The maximum Gasteiger partial charge on any atom is 0.185 e. The molecule has 8 heteroatoms. The standard InChI is InChI=1S/C18H14ClN7/c19-11-16(20)22-14-3-1-2-13(10-14)15-4-5-17-23-24-18(26(17)25-15)12-6-8-21-9-7-12/h1-10H,11H2,(H2,20,22). The summed E-state index contributed by atoms with van der Waals surface area (Å²) in [7, 11) is 0. The lowest BCUT2D eigenvalue weighted by molar-refractivity contribution is 0.941. The SMILES string of the molecule is NC(CCl)=Nc1cccc(-c2ccc3nnc(-c4ccncc4)n3n2)c1. The monoisotopic (exact) mass is 363 g/mol. The van der Waals surface area contributed by atoms with E-state index in [0.29, 0.717) is 17.3 Å². The molecule has 0 spiro atoms. The average molecular weight is 364 g/mol. The first-order valence-electron chi connectivity index (χ1n) is 7.87. The number of hydrogen-bond donors (Lipinski definition) is 1. The molecule has 4 rings (SSSR count). The highest BCUT2D eigenvalue weighted by atomic mass is 35.5. The minimum atomic E-state index is 0.185. The molecule has 26 heavy (non-hydrogen) atoms. The fraction of sp³-hybridized carbons (Fsp3) is 0.0556. The Morgan fingerprint density at radius 1 is 1.04 bits per heavy atom. The Hall–Kier alpha value is -3.32. The third-order valence-corrected chi connectivity index (χ3v) is 4.03. The Morgan fingerprint density at radius 3 is 2.69 bits per heavy atom. The summed E-state index contributed by atoms with van der Waals surface area (Å²) in [4.78, 5) is 8.31. The molecular formula is C18H14ClN7. The average Bonchev–Trinajstić information content (AvgIpc) is 3.12. The van der Waals surface area contributed by atoms with Crippen LogP contribution >= 0.6 is 11.6 Å². The van der Waals surface area contributed by atoms with Crippen molar-refractivity contribution >= 4 is 28.8 Å². The Labute approximate surface area is 154 Å². The third kappa shape index (κ3) is 3.12. The number of hydrogen-bond acceptors (Lipinski definition) is 5. The molecule has 0 aliphatic heterocycles. The van der Waals surface area contributed by atoms with Crippen LogP contribution in [0.25, 0.3) is 28.3 Å². The molecule has 0 unspecified atom stereocenters. The van der Waals surface area contributed by atoms with Gasteiger partial charge < -0.3 is 5.73 Å². The van der Waals surface area contributed by atoms with E-state index in [1.54, 1.807) is 16.9 Å². The van der Waals surface area contributed by atoms with Crippen molar-refractivity contribution in [2.24, 2.45) is 10.7 Å². The van der Waals surface area contributed by atoms with Crippen molar-refractivity contribution in [2.75, 3.05) is 5.88 Å². The van der Waals surface area contributed by atoms with Crippen LogP contribution in [0.4, 0.5) is 5.69 Å². The highest BCUT2D eigenvalue weighted by molar-refractivity contribution is 6.28. The van der Waals surface area contributed by atoms with Gasteiger partial charge in [0.25, 0.3) is 0 Å². The lowest BCUT2D eigenvalue weighted by Crippen LogP contribution is -2.12. The second-order valence-corrected chi connectivity index (χ2v) is 5.80. The number of alkyl halides is 1. The van der Waals surface area contributed by atoms with E-state index in [1.807, 2.05) is 48.5 Å². The van der Waals surface area contributed by atoms with Gasteiger partial charge in [0.2, 0.25) is 0 Å². The molecular weight excluding hydrogens is 350 g/mol. The predicted molar refractivity (Wildman–Crippen MR) is 101 cm³/mol. The number of benzene rings is 1. The molecule has 0 bridgehead atoms. The van der Waals surface area contributed by atoms with Gasteiger partial charge in [-0.05, 0) is 36.4 Å². The van der Waals surface area contributed by atoms with Gasteiger partial charge in [-0.1, -0.05) is 12.1 Å². The minimum absolute atomic E-state index is 0.185. The summed E-state index contributed by atoms with van der Waals surface area (Å²) in [6.07, 6.45) is 3.42. The predicted octanol–water partition coefficient (Wildman–Crippen LogP) is 3.08. The zero-order valence-electron chi connectivity index (χ0n) is 13.6. The molecule has 7 nitrogen and oxygen atoms in total. The first kappa shape index (κ1) is 16.2. The second kappa shape index (κ2) is 6.89. The van der Waals surface area contributed by atoms with Crippen LogP contribution in [0.2, 0.25) is 0 Å². The van der Waals surface area contributed by atoms with Gasteiger partial charge in [-0.2, -0.15) is 9.61 Å². The van der Waals surface area contributed by atoms with Crippen LogP contribution in [0, 0.1) is 0 Å². The number of amidine groups is 1. The number of fused-ring (bicyclic) bond motifs is 1. The zero-order valence-corrected chi connectivity index (χ0v) is 14.4. The number of aliphatic imine (C=N–C) groups is 1. The number of halogens is 1. The Morgan fingerprint density at radius 2 is 1.88 bits per heavy atom. The largest absolute Gasteiger partial charge is 0.386 e. The highest BCUT2D eigenvalue weighted by Crippen LogP contribution is 2.24. The fourth-order valence-corrected chi connectivity index (χ4v) is 2.61. The van der Waals surface area contributed by atoms with Gasteiger partial charge in [-0.3, -0.25) is 4.98 Å². The second-order valence-electron chi connectivity index (χ2n) is 5.54. The zero-order chi connectivity index (χ0) is 17.9. The van der Waals surface area contributed by atoms with Crippen molar-refractivity contribution in [3.05, 3.63) is 60.9 Å².